The minimum absolute atomic E-state index is 0.0277. The van der Waals surface area contributed by atoms with E-state index in [9.17, 15) is 70.2 Å². The van der Waals surface area contributed by atoms with E-state index in [1.54, 1.807) is 0 Å². The Labute approximate surface area is 622 Å². The minimum Gasteiger partial charge on any atom is -0.508 e. The number of hydrogen-bond acceptors (Lipinski definition) is 28. The highest BCUT2D eigenvalue weighted by atomic mass is 16.8. The maximum absolute atomic E-state index is 16.3. The Hall–Kier alpha value is -9.90. The van der Waals surface area contributed by atoms with E-state index in [1.165, 1.54) is 83.3 Å². The molecule has 109 heavy (non-hydrogen) atoms. The maximum Gasteiger partial charge on any atom is 0.330 e. The van der Waals surface area contributed by atoms with Gasteiger partial charge in [-0.3, -0.25) is 33.6 Å². The van der Waals surface area contributed by atoms with Gasteiger partial charge >= 0.3 is 5.97 Å². The number of carbonyl (C=O) groups excluding carboxylic acids is 7. The van der Waals surface area contributed by atoms with Crippen molar-refractivity contribution in [2.45, 2.75) is 201 Å². The second kappa shape index (κ2) is 32.3. The van der Waals surface area contributed by atoms with Crippen LogP contribution in [0.25, 0.3) is 11.1 Å². The second-order valence-corrected chi connectivity index (χ2v) is 29.0. The number of aromatic hydroxyl groups is 3. The lowest BCUT2D eigenvalue weighted by molar-refractivity contribution is -0.333. The molecule has 5 aromatic carbocycles. The monoisotopic (exact) mass is 1520 g/mol. The molecule has 3 fully saturated rings. The molecule has 36 heteroatoms. The Balaban J connectivity index is 1.17. The third-order valence-corrected chi connectivity index (χ3v) is 20.0. The SMILES string of the molecule is CN[C@H](CC(C)C)C(=O)NC1C(=O)NC(CC(N)=O)C(=O)N[C@H]2C(=O)N[C@H]3C(=O)NC(C(=O)NC(C(=O)O)c4cc(O)cc(O)c4-c4cc3ccc4O)[C@H](O[C@H]3C[C@](C)(N)[C@@H](O)[C@H](C)O3)c3ccc(cc3)Oc3cc2cc(c3O[C@@H]2O[C@H](CO)[C@@H](O)[C@H](O)[C@H]2O[C@H]2C[C@](C)(N)[C@@H](O)[C@H](C)O2)Oc2ccc(cc2)C1O. The first-order valence-electron chi connectivity index (χ1n) is 35.1. The number of primary amides is 1. The highest BCUT2D eigenvalue weighted by Crippen LogP contribution is 2.49. The molecule has 8 aliphatic rings. The van der Waals surface area contributed by atoms with Crippen LogP contribution >= 0.6 is 0 Å². The number of ether oxygens (including phenoxy) is 8. The molecule has 5 unspecified atom stereocenters. The zero-order valence-corrected chi connectivity index (χ0v) is 60.1. The summed E-state index contributed by atoms with van der Waals surface area (Å²) in [7, 11) is 1.49. The molecular weight excluding hydrogens is 1430 g/mol. The van der Waals surface area contributed by atoms with Gasteiger partial charge in [-0.15, -0.1) is 0 Å². The first-order valence-corrected chi connectivity index (χ1v) is 35.1. The van der Waals surface area contributed by atoms with E-state index in [4.69, 9.17) is 55.1 Å². The van der Waals surface area contributed by atoms with Crippen LogP contribution in [-0.2, 0) is 62.0 Å². The summed E-state index contributed by atoms with van der Waals surface area (Å²) in [6, 6.07) is 3.50. The van der Waals surface area contributed by atoms with E-state index in [2.05, 4.69) is 37.2 Å². The number of carbonyl (C=O) groups is 8. The zero-order chi connectivity index (χ0) is 79.2. The summed E-state index contributed by atoms with van der Waals surface area (Å²) in [4.78, 5) is 119. The first kappa shape index (κ1) is 80.1. The minimum atomic E-state index is -2.31. The largest absolute Gasteiger partial charge is 0.508 e. The quantitative estimate of drug-likeness (QED) is 0.0600. The Bertz CT molecular complexity index is 4260. The Morgan fingerprint density at radius 1 is 0.651 bits per heavy atom. The van der Waals surface area contributed by atoms with Crippen LogP contribution in [0.1, 0.15) is 125 Å². The molecule has 5 aromatic rings. The van der Waals surface area contributed by atoms with Crippen molar-refractivity contribution >= 4 is 47.3 Å². The van der Waals surface area contributed by atoms with Gasteiger partial charge in [0.1, 0.15) is 89.5 Å². The topological polar surface area (TPSA) is 575 Å². The van der Waals surface area contributed by atoms with Gasteiger partial charge in [0, 0.05) is 46.7 Å². The van der Waals surface area contributed by atoms with Crippen LogP contribution in [0.15, 0.2) is 91.0 Å². The van der Waals surface area contributed by atoms with Crippen molar-refractivity contribution in [2.24, 2.45) is 23.1 Å². The molecule has 0 aliphatic carbocycles. The lowest BCUT2D eigenvalue weighted by Gasteiger charge is -2.47. The fourth-order valence-electron chi connectivity index (χ4n) is 14.2. The van der Waals surface area contributed by atoms with E-state index >= 15 is 19.2 Å². The number of aliphatic carboxylic acids is 1. The number of likely N-dealkylation sites (N-methyl/N-ethyl adjacent to an activating group) is 1. The number of carboxylic acid groups (broad SMARTS) is 1. The molecule has 13 rings (SSSR count). The molecule has 0 saturated carbocycles. The summed E-state index contributed by atoms with van der Waals surface area (Å²) in [6.45, 7) is 8.73. The highest BCUT2D eigenvalue weighted by molar-refractivity contribution is 6.00. The maximum atomic E-state index is 16.3. The van der Waals surface area contributed by atoms with Gasteiger partial charge < -0.3 is 143 Å². The number of phenolic OH excluding ortho intramolecular Hbond substituents is 3. The van der Waals surface area contributed by atoms with Crippen LogP contribution in [0.3, 0.4) is 0 Å². The fraction of sp³-hybridized carbons (Fsp3) is 0.479. The van der Waals surface area contributed by atoms with Crippen LogP contribution < -0.4 is 68.6 Å². The summed E-state index contributed by atoms with van der Waals surface area (Å²) in [6.07, 6.45) is -22.0. The van der Waals surface area contributed by atoms with E-state index in [0.717, 1.165) is 42.5 Å². The van der Waals surface area contributed by atoms with Crippen molar-refractivity contribution in [3.8, 4) is 57.1 Å². The van der Waals surface area contributed by atoms with Crippen LogP contribution in [0.2, 0.25) is 0 Å². The van der Waals surface area contributed by atoms with Crippen LogP contribution in [0, 0.1) is 5.92 Å². The molecule has 8 aliphatic heterocycles. The second-order valence-electron chi connectivity index (χ2n) is 29.0. The van der Waals surface area contributed by atoms with Crippen LogP contribution in [-0.4, -0.2) is 215 Å². The molecule has 23 N–H and O–H groups in total. The summed E-state index contributed by atoms with van der Waals surface area (Å²) in [5.74, 6) is -14.9. The molecule has 0 radical (unpaired) electrons. The third-order valence-electron chi connectivity index (χ3n) is 20.0. The Morgan fingerprint density at radius 3 is 1.77 bits per heavy atom. The van der Waals surface area contributed by atoms with Gasteiger partial charge in [-0.25, -0.2) is 4.79 Å². The lowest BCUT2D eigenvalue weighted by atomic mass is 9.86. The fourth-order valence-corrected chi connectivity index (χ4v) is 14.2. The number of phenols is 3. The van der Waals surface area contributed by atoms with Gasteiger partial charge in [-0.2, -0.15) is 0 Å². The number of aliphatic hydroxyl groups is 6. The number of amides is 7. The third kappa shape index (κ3) is 17.3. The smallest absolute Gasteiger partial charge is 0.330 e. The zero-order valence-electron chi connectivity index (χ0n) is 60.1. The molecule has 588 valence electrons. The normalized spacial score (nSPS) is 32.4. The molecule has 8 heterocycles. The van der Waals surface area contributed by atoms with Crippen molar-refractivity contribution in [3.63, 3.8) is 0 Å². The van der Waals surface area contributed by atoms with Crippen molar-refractivity contribution in [1.82, 2.24) is 37.2 Å². The van der Waals surface area contributed by atoms with Gasteiger partial charge in [0.05, 0.1) is 43.5 Å². The number of nitrogens with two attached hydrogens (primary N) is 3. The van der Waals surface area contributed by atoms with Gasteiger partial charge in [-0.05, 0) is 124 Å². The number of fused-ring (bicyclic) bond motifs is 15. The van der Waals surface area contributed by atoms with E-state index in [1.807, 2.05) is 13.8 Å². The number of benzene rings is 5. The average molecular weight is 1520 g/mol. The van der Waals surface area contributed by atoms with E-state index < -0.39 is 250 Å². The lowest BCUT2D eigenvalue weighted by Crippen LogP contribution is -2.64. The molecule has 7 amide bonds. The van der Waals surface area contributed by atoms with Crippen molar-refractivity contribution in [1.29, 1.82) is 0 Å². The summed E-state index contributed by atoms with van der Waals surface area (Å²) in [5, 5.41) is 132. The van der Waals surface area contributed by atoms with Crippen molar-refractivity contribution < 1.29 is 127 Å². The predicted molar refractivity (Wildman–Crippen MR) is 376 cm³/mol. The van der Waals surface area contributed by atoms with Gasteiger partial charge in [0.2, 0.25) is 53.4 Å². The average Bonchev–Trinajstić information content (AvgIpc) is 0.766. The highest BCUT2D eigenvalue weighted by Gasteiger charge is 2.52. The number of aliphatic hydroxyl groups excluding tert-OH is 6. The van der Waals surface area contributed by atoms with Gasteiger partial charge in [0.25, 0.3) is 0 Å². The van der Waals surface area contributed by atoms with Crippen molar-refractivity contribution in [2.75, 3.05) is 13.7 Å². The summed E-state index contributed by atoms with van der Waals surface area (Å²) in [5.41, 5.74) is 13.8. The van der Waals surface area contributed by atoms with Gasteiger partial charge in [0.15, 0.2) is 36.2 Å². The van der Waals surface area contributed by atoms with Crippen LogP contribution in [0.4, 0.5) is 0 Å². The number of nitrogens with one attached hydrogen (secondary N) is 7. The Kier molecular flexibility index (Phi) is 23.8. The van der Waals surface area contributed by atoms with Gasteiger partial charge in [-0.1, -0.05) is 44.2 Å². The first-order chi connectivity index (χ1) is 51.4. The molecular formula is C73H90N10O26. The molecule has 0 spiro atoms. The summed E-state index contributed by atoms with van der Waals surface area (Å²) >= 11 is 0. The Morgan fingerprint density at radius 2 is 1.21 bits per heavy atom. The standard InChI is InChI=1S/C73H90N10O26/c1-28(2)18-40(77-7)64(94)82-54-56(89)31-8-13-36(14-9-31)104-44-20-34-21-45(60(44)109-71-61(58(91)57(90)46(27-84)106-71)108-49-26-73(6,76)63(93)30(4)103-49)105-37-15-10-32(11-16-37)59(107-48-25-72(5,75)62(92)29(3)102-48)55-69(99)81-53(70(100)101)39-22-35(85)23-43(87)50(39)38-19-33(12-17-42(38)86)51(66(96)83-55)80-67(97)52(34)79-65(95)41(24-47(74)88)78-68(54)98/h8-17,19-23,28-30,40-41,46,48-49,51-59,61-63,71,77,84-87,89-93H,18,24-27,75-76H2,1-7H3,(H2,74,88)(H,78,98)(H,79,95)(H,80,97)(H,81,99)(H,82,94)(H,83,96)(H,100,101)/t29-,30-,40+,41?,46+,48-,49-,51+,52+,53?,54?,55?,56?,57+,58-,59+,61+,62-,63-,71-,72-,73-/m0/s1. The molecule has 36 nitrogen and oxygen atoms in total. The van der Waals surface area contributed by atoms with E-state index in [0.29, 0.717) is 0 Å². The molecule has 22 atom stereocenters. The number of rotatable bonds is 15. The number of carboxylic acids is 1. The van der Waals surface area contributed by atoms with Crippen LogP contribution in [0.5, 0.6) is 46.0 Å². The number of hydrogen-bond donors (Lipinski definition) is 20. The molecule has 3 saturated heterocycles. The van der Waals surface area contributed by atoms with E-state index in [-0.39, 0.29) is 53.4 Å². The molecule has 0 aromatic heterocycles. The summed E-state index contributed by atoms with van der Waals surface area (Å²) < 4.78 is 51.7. The predicted octanol–water partition coefficient (Wildman–Crippen LogP) is -0.963. The van der Waals surface area contributed by atoms with Crippen molar-refractivity contribution in [3.05, 3.63) is 119 Å². The molecule has 11 bridgehead atoms.